The number of hydrogen-bond donors (Lipinski definition) is 1. The molecule has 5 aromatic rings. The van der Waals surface area contributed by atoms with Crippen molar-refractivity contribution in [2.75, 3.05) is 25.3 Å². The van der Waals surface area contributed by atoms with Crippen molar-refractivity contribution in [2.45, 2.75) is 31.3 Å². The van der Waals surface area contributed by atoms with E-state index in [0.29, 0.717) is 50.1 Å². The average molecular weight is 596 g/mol. The van der Waals surface area contributed by atoms with Crippen LogP contribution < -0.4 is 20.3 Å². The summed E-state index contributed by atoms with van der Waals surface area (Å²) < 4.78 is 14.1. The first-order chi connectivity index (χ1) is 19.4. The second-order valence-electron chi connectivity index (χ2n) is 9.67. The quantitative estimate of drug-likeness (QED) is 0.244. The summed E-state index contributed by atoms with van der Waals surface area (Å²) in [6, 6.07) is 12.3. The van der Waals surface area contributed by atoms with E-state index < -0.39 is 0 Å². The molecule has 6 rings (SSSR count). The van der Waals surface area contributed by atoms with Crippen molar-refractivity contribution >= 4 is 62.3 Å². The maximum Gasteiger partial charge on any atom is 0.268 e. The number of carbonyl (C=O) groups excluding carboxylic acids is 1. The Morgan fingerprint density at radius 2 is 1.98 bits per heavy atom. The Labute approximate surface area is 243 Å². The zero-order chi connectivity index (χ0) is 28.0. The Kier molecular flexibility index (Phi) is 7.20. The molecule has 1 aliphatic carbocycles. The van der Waals surface area contributed by atoms with Gasteiger partial charge in [0.05, 0.1) is 36.7 Å². The summed E-state index contributed by atoms with van der Waals surface area (Å²) in [5.74, 6) is 1.87. The minimum absolute atomic E-state index is 0.0830. The van der Waals surface area contributed by atoms with Gasteiger partial charge in [-0.05, 0) is 67.1 Å². The van der Waals surface area contributed by atoms with Gasteiger partial charge < -0.3 is 14.8 Å². The molecular weight excluding hydrogens is 570 g/mol. The number of fused-ring (bicyclic) bond motifs is 5. The zero-order valence-electron chi connectivity index (χ0n) is 22.1. The lowest BCUT2D eigenvalue weighted by atomic mass is 9.89. The standard InChI is InChI=1S/C28H26ClN5O4S2/c1-15-4-11-22-19(12-15)24-25(36)33(17-7-5-16(29)6-8-17)27-31-32-28(34(27)26(24)40-22)39-14-23(35)30-20-10-9-18(37-2)13-21(20)38-3/h5-10,13,15H,4,11-12,14H2,1-3H3,(H,30,35). The molecule has 40 heavy (non-hydrogen) atoms. The molecule has 1 unspecified atom stereocenters. The van der Waals surface area contributed by atoms with Crippen LogP contribution in [-0.2, 0) is 17.6 Å². The van der Waals surface area contributed by atoms with Gasteiger partial charge in [0.2, 0.25) is 11.7 Å². The fraction of sp³-hybridized carbons (Fsp3) is 0.286. The van der Waals surface area contributed by atoms with Gasteiger partial charge in [0, 0.05) is 16.0 Å². The van der Waals surface area contributed by atoms with Crippen molar-refractivity contribution < 1.29 is 14.3 Å². The van der Waals surface area contributed by atoms with Crippen molar-refractivity contribution in [2.24, 2.45) is 5.92 Å². The van der Waals surface area contributed by atoms with Gasteiger partial charge in [0.15, 0.2) is 5.16 Å². The van der Waals surface area contributed by atoms with Crippen molar-refractivity contribution in [3.63, 3.8) is 0 Å². The summed E-state index contributed by atoms with van der Waals surface area (Å²) in [5, 5.41) is 13.5. The highest BCUT2D eigenvalue weighted by Crippen LogP contribution is 2.38. The number of anilines is 1. The van der Waals surface area contributed by atoms with E-state index in [9.17, 15) is 9.59 Å². The van der Waals surface area contributed by atoms with Crippen LogP contribution in [0.5, 0.6) is 11.5 Å². The van der Waals surface area contributed by atoms with Crippen LogP contribution in [0.2, 0.25) is 5.02 Å². The summed E-state index contributed by atoms with van der Waals surface area (Å²) >= 11 is 9.02. The first-order valence-electron chi connectivity index (χ1n) is 12.7. The number of nitrogens with one attached hydrogen (secondary N) is 1. The van der Waals surface area contributed by atoms with E-state index in [-0.39, 0.29) is 17.2 Å². The van der Waals surface area contributed by atoms with Crippen LogP contribution in [0.1, 0.15) is 23.8 Å². The van der Waals surface area contributed by atoms with E-state index >= 15 is 0 Å². The number of ether oxygens (including phenoxy) is 2. The lowest BCUT2D eigenvalue weighted by molar-refractivity contribution is -0.113. The molecule has 0 radical (unpaired) electrons. The number of thioether (sulfide) groups is 1. The van der Waals surface area contributed by atoms with Crippen LogP contribution in [0.3, 0.4) is 0 Å². The molecule has 2 aromatic carbocycles. The number of thiophene rings is 1. The third-order valence-electron chi connectivity index (χ3n) is 7.03. The second kappa shape index (κ2) is 10.8. The fourth-order valence-electron chi connectivity index (χ4n) is 5.04. The van der Waals surface area contributed by atoms with E-state index in [4.69, 9.17) is 21.1 Å². The van der Waals surface area contributed by atoms with Gasteiger partial charge in [-0.2, -0.15) is 0 Å². The van der Waals surface area contributed by atoms with Gasteiger partial charge in [0.25, 0.3) is 5.56 Å². The molecule has 1 aliphatic rings. The normalized spacial score (nSPS) is 14.8. The number of benzene rings is 2. The summed E-state index contributed by atoms with van der Waals surface area (Å²) in [7, 11) is 3.11. The predicted octanol–water partition coefficient (Wildman–Crippen LogP) is 5.62. The average Bonchev–Trinajstić information content (AvgIpc) is 3.54. The van der Waals surface area contributed by atoms with Gasteiger partial charge in [-0.15, -0.1) is 21.5 Å². The number of methoxy groups -OCH3 is 2. The van der Waals surface area contributed by atoms with E-state index in [0.717, 1.165) is 29.7 Å². The monoisotopic (exact) mass is 595 g/mol. The predicted molar refractivity (Wildman–Crippen MR) is 159 cm³/mol. The largest absolute Gasteiger partial charge is 0.497 e. The smallest absolute Gasteiger partial charge is 0.268 e. The van der Waals surface area contributed by atoms with Crippen LogP contribution in [0.4, 0.5) is 5.69 Å². The number of nitrogens with zero attached hydrogens (tertiary/aromatic N) is 4. The third kappa shape index (κ3) is 4.71. The SMILES string of the molecule is COc1ccc(NC(=O)CSc2nnc3n(-c4ccc(Cl)cc4)c(=O)c4c5c(sc4n23)CCC(C)C5)c(OC)c1. The molecule has 206 valence electrons. The number of aryl methyl sites for hydroxylation is 1. The minimum atomic E-state index is -0.230. The Morgan fingerprint density at radius 3 is 2.73 bits per heavy atom. The molecule has 0 aliphatic heterocycles. The van der Waals surface area contributed by atoms with Crippen LogP contribution >= 0.6 is 34.7 Å². The summed E-state index contributed by atoms with van der Waals surface area (Å²) in [6.07, 6.45) is 2.88. The molecule has 0 saturated carbocycles. The molecule has 0 bridgehead atoms. The Balaban J connectivity index is 1.41. The second-order valence-corrected chi connectivity index (χ2v) is 12.1. The zero-order valence-corrected chi connectivity index (χ0v) is 24.5. The molecule has 0 fully saturated rings. The fourth-order valence-corrected chi connectivity index (χ4v) is 7.29. The molecule has 3 aromatic heterocycles. The lowest BCUT2D eigenvalue weighted by Gasteiger charge is -2.18. The lowest BCUT2D eigenvalue weighted by Crippen LogP contribution is -2.23. The summed E-state index contributed by atoms with van der Waals surface area (Å²) in [4.78, 5) is 29.0. The van der Waals surface area contributed by atoms with E-state index in [1.54, 1.807) is 65.5 Å². The highest BCUT2D eigenvalue weighted by atomic mass is 35.5. The van der Waals surface area contributed by atoms with Gasteiger partial charge in [-0.25, -0.2) is 8.97 Å². The molecule has 0 spiro atoms. The molecule has 1 atom stereocenters. The number of amides is 1. The third-order valence-corrected chi connectivity index (χ3v) is 9.48. The van der Waals surface area contributed by atoms with E-state index in [2.05, 4.69) is 22.4 Å². The van der Waals surface area contributed by atoms with Gasteiger partial charge >= 0.3 is 0 Å². The van der Waals surface area contributed by atoms with Crippen LogP contribution in [-0.4, -0.2) is 45.0 Å². The van der Waals surface area contributed by atoms with Gasteiger partial charge in [0.1, 0.15) is 16.3 Å². The number of rotatable bonds is 7. The number of carbonyl (C=O) groups is 1. The molecule has 0 saturated heterocycles. The molecule has 1 N–H and O–H groups in total. The molecule has 3 heterocycles. The molecule has 1 amide bonds. The summed E-state index contributed by atoms with van der Waals surface area (Å²) in [6.45, 7) is 2.22. The number of halogens is 1. The van der Waals surface area contributed by atoms with Gasteiger partial charge in [-0.1, -0.05) is 30.3 Å². The highest BCUT2D eigenvalue weighted by Gasteiger charge is 2.27. The van der Waals surface area contributed by atoms with Crippen molar-refractivity contribution in [1.29, 1.82) is 0 Å². The Bertz CT molecular complexity index is 1810. The molecular formula is C28H26ClN5O4S2. The number of aromatic nitrogens is 4. The Hall–Kier alpha value is -3.54. The first-order valence-corrected chi connectivity index (χ1v) is 14.9. The molecule has 12 heteroatoms. The van der Waals surface area contributed by atoms with Crippen LogP contribution in [0.15, 0.2) is 52.4 Å². The van der Waals surface area contributed by atoms with Crippen LogP contribution in [0.25, 0.3) is 21.7 Å². The highest BCUT2D eigenvalue weighted by molar-refractivity contribution is 7.99. The Morgan fingerprint density at radius 1 is 1.18 bits per heavy atom. The first kappa shape index (κ1) is 26.7. The maximum absolute atomic E-state index is 14.0. The van der Waals surface area contributed by atoms with Crippen LogP contribution in [0, 0.1) is 5.92 Å². The van der Waals surface area contributed by atoms with Crippen molar-refractivity contribution in [1.82, 2.24) is 19.2 Å². The minimum Gasteiger partial charge on any atom is -0.497 e. The van der Waals surface area contributed by atoms with Crippen molar-refractivity contribution in [3.05, 3.63) is 68.3 Å². The summed E-state index contributed by atoms with van der Waals surface area (Å²) in [5.41, 5.74) is 2.18. The topological polar surface area (TPSA) is 99.7 Å². The van der Waals surface area contributed by atoms with Crippen molar-refractivity contribution in [3.8, 4) is 17.2 Å². The number of hydrogen-bond acceptors (Lipinski definition) is 8. The van der Waals surface area contributed by atoms with Gasteiger partial charge in [-0.3, -0.25) is 9.59 Å². The maximum atomic E-state index is 14.0. The van der Waals surface area contributed by atoms with E-state index in [1.807, 2.05) is 4.40 Å². The molecule has 9 nitrogen and oxygen atoms in total. The van der Waals surface area contributed by atoms with E-state index in [1.165, 1.54) is 23.7 Å².